The first-order chi connectivity index (χ1) is 13.7. The normalized spacial score (nSPS) is 10.8. The minimum absolute atomic E-state index is 0. The van der Waals surface area contributed by atoms with E-state index in [1.165, 1.54) is 5.56 Å². The summed E-state index contributed by atoms with van der Waals surface area (Å²) in [4.78, 5) is 8.35. The fourth-order valence-corrected chi connectivity index (χ4v) is 2.79. The van der Waals surface area contributed by atoms with Crippen molar-refractivity contribution in [1.29, 1.82) is 0 Å². The number of hydrogen-bond acceptors (Lipinski definition) is 4. The van der Waals surface area contributed by atoms with E-state index in [2.05, 4.69) is 26.7 Å². The van der Waals surface area contributed by atoms with Crippen LogP contribution in [-0.2, 0) is 12.8 Å². The monoisotopic (exact) mass is 532 g/mol. The number of guanidine groups is 1. The zero-order chi connectivity index (χ0) is 20.2. The third-order valence-corrected chi connectivity index (χ3v) is 4.26. The maximum atomic E-state index is 5.81. The molecule has 0 unspecified atom stereocenters. The van der Waals surface area contributed by atoms with Gasteiger partial charge in [0.15, 0.2) is 17.5 Å². The van der Waals surface area contributed by atoms with Crippen molar-refractivity contribution in [3.63, 3.8) is 0 Å². The number of ether oxygens (including phenoxy) is 2. The first-order valence-electron chi connectivity index (χ1n) is 9.59. The van der Waals surface area contributed by atoms with E-state index in [0.717, 1.165) is 49.0 Å². The molecule has 0 saturated heterocycles. The summed E-state index contributed by atoms with van der Waals surface area (Å²) in [5.41, 5.74) is 2.31. The standard InChI is InChI=1S/C21H29ClN4O2.HI/c1-4-27-18-8-6-16(14-19(18)28-5-2)10-12-24-21(23-3)25-13-11-17-7-9-20(22)26-15-17;/h6-9,14-15H,4-5,10-13H2,1-3H3,(H2,23,24,25);1H. The summed E-state index contributed by atoms with van der Waals surface area (Å²) in [6.07, 6.45) is 3.50. The lowest BCUT2D eigenvalue weighted by atomic mass is 10.1. The van der Waals surface area contributed by atoms with E-state index in [9.17, 15) is 0 Å². The Morgan fingerprint density at radius 2 is 1.59 bits per heavy atom. The number of aromatic nitrogens is 1. The summed E-state index contributed by atoms with van der Waals surface area (Å²) < 4.78 is 11.3. The molecule has 2 N–H and O–H groups in total. The Morgan fingerprint density at radius 1 is 0.966 bits per heavy atom. The van der Waals surface area contributed by atoms with Crippen molar-refractivity contribution in [2.24, 2.45) is 4.99 Å². The van der Waals surface area contributed by atoms with Crippen molar-refractivity contribution < 1.29 is 9.47 Å². The van der Waals surface area contributed by atoms with Crippen LogP contribution in [0.4, 0.5) is 0 Å². The van der Waals surface area contributed by atoms with Gasteiger partial charge in [0.25, 0.3) is 0 Å². The summed E-state index contributed by atoms with van der Waals surface area (Å²) in [6.45, 7) is 6.70. The number of aliphatic imine (C=N–C) groups is 1. The predicted molar refractivity (Wildman–Crippen MR) is 130 cm³/mol. The van der Waals surface area contributed by atoms with E-state index in [-0.39, 0.29) is 24.0 Å². The minimum Gasteiger partial charge on any atom is -0.490 e. The molecule has 2 rings (SSSR count). The van der Waals surface area contributed by atoms with Gasteiger partial charge in [0, 0.05) is 26.3 Å². The number of halogens is 2. The van der Waals surface area contributed by atoms with Crippen LogP contribution in [0.2, 0.25) is 5.15 Å². The fraction of sp³-hybridized carbons (Fsp3) is 0.429. The quantitative estimate of drug-likeness (QED) is 0.209. The molecule has 2 aromatic rings. The van der Waals surface area contributed by atoms with Crippen LogP contribution in [-0.4, -0.2) is 44.3 Å². The van der Waals surface area contributed by atoms with Gasteiger partial charge in [-0.2, -0.15) is 0 Å². The van der Waals surface area contributed by atoms with Gasteiger partial charge in [-0.15, -0.1) is 24.0 Å². The maximum Gasteiger partial charge on any atom is 0.190 e. The second kappa shape index (κ2) is 14.3. The van der Waals surface area contributed by atoms with E-state index >= 15 is 0 Å². The first-order valence-corrected chi connectivity index (χ1v) is 9.97. The maximum absolute atomic E-state index is 5.81. The second-order valence-corrected chi connectivity index (χ2v) is 6.45. The molecule has 0 aliphatic rings. The number of pyridine rings is 1. The Kier molecular flexibility index (Phi) is 12.5. The van der Waals surface area contributed by atoms with Crippen molar-refractivity contribution in [3.05, 3.63) is 52.8 Å². The molecule has 1 heterocycles. The Balaban J connectivity index is 0.00000420. The summed E-state index contributed by atoms with van der Waals surface area (Å²) in [5.74, 6) is 2.36. The SMILES string of the molecule is CCOc1ccc(CCNC(=NC)NCCc2ccc(Cl)nc2)cc1OCC.I. The molecule has 6 nitrogen and oxygen atoms in total. The molecule has 0 amide bonds. The molecule has 0 bridgehead atoms. The summed E-state index contributed by atoms with van der Waals surface area (Å²) in [6, 6.07) is 9.86. The van der Waals surface area contributed by atoms with Crippen molar-refractivity contribution in [2.45, 2.75) is 26.7 Å². The molecule has 0 aliphatic carbocycles. The number of hydrogen-bond donors (Lipinski definition) is 2. The molecule has 1 aromatic heterocycles. The van der Waals surface area contributed by atoms with Crippen molar-refractivity contribution >= 4 is 41.5 Å². The van der Waals surface area contributed by atoms with E-state index < -0.39 is 0 Å². The van der Waals surface area contributed by atoms with Crippen LogP contribution >= 0.6 is 35.6 Å². The van der Waals surface area contributed by atoms with Gasteiger partial charge in [0.2, 0.25) is 0 Å². The van der Waals surface area contributed by atoms with Gasteiger partial charge in [-0.25, -0.2) is 4.98 Å². The van der Waals surface area contributed by atoms with E-state index in [0.29, 0.717) is 18.4 Å². The van der Waals surface area contributed by atoms with Gasteiger partial charge >= 0.3 is 0 Å². The topological polar surface area (TPSA) is 67.8 Å². The lowest BCUT2D eigenvalue weighted by molar-refractivity contribution is 0.287. The fourth-order valence-electron chi connectivity index (χ4n) is 2.68. The zero-order valence-corrected chi connectivity index (χ0v) is 20.3. The van der Waals surface area contributed by atoms with E-state index in [4.69, 9.17) is 21.1 Å². The molecule has 8 heteroatoms. The van der Waals surface area contributed by atoms with Crippen molar-refractivity contribution in [2.75, 3.05) is 33.4 Å². The summed E-state index contributed by atoms with van der Waals surface area (Å²) in [7, 11) is 1.77. The van der Waals surface area contributed by atoms with E-state index in [1.54, 1.807) is 19.3 Å². The molecule has 0 radical (unpaired) electrons. The molecule has 160 valence electrons. The summed E-state index contributed by atoms with van der Waals surface area (Å²) >= 11 is 5.81. The Morgan fingerprint density at radius 3 is 2.17 bits per heavy atom. The highest BCUT2D eigenvalue weighted by Gasteiger charge is 2.06. The lowest BCUT2D eigenvalue weighted by Crippen LogP contribution is -2.39. The van der Waals surface area contributed by atoms with Crippen molar-refractivity contribution in [3.8, 4) is 11.5 Å². The van der Waals surface area contributed by atoms with E-state index in [1.807, 2.05) is 32.0 Å². The molecular weight excluding hydrogens is 503 g/mol. The molecular formula is C21H30ClIN4O2. The molecule has 0 atom stereocenters. The third kappa shape index (κ3) is 9.08. The van der Waals surface area contributed by atoms with Crippen LogP contribution in [0.25, 0.3) is 0 Å². The number of nitrogens with one attached hydrogen (secondary N) is 2. The number of rotatable bonds is 10. The van der Waals surface area contributed by atoms with Gasteiger partial charge in [-0.05, 0) is 56.0 Å². The van der Waals surface area contributed by atoms with Crippen LogP contribution in [0, 0.1) is 0 Å². The minimum atomic E-state index is 0. The Labute approximate surface area is 195 Å². The first kappa shape index (κ1) is 25.3. The number of benzene rings is 1. The average molecular weight is 533 g/mol. The van der Waals surface area contributed by atoms with Crippen LogP contribution in [0.1, 0.15) is 25.0 Å². The highest BCUT2D eigenvalue weighted by molar-refractivity contribution is 14.0. The predicted octanol–water partition coefficient (Wildman–Crippen LogP) is 4.10. The second-order valence-electron chi connectivity index (χ2n) is 6.06. The molecule has 0 spiro atoms. The van der Waals surface area contributed by atoms with Gasteiger partial charge < -0.3 is 20.1 Å². The molecule has 0 saturated carbocycles. The van der Waals surface area contributed by atoms with Crippen LogP contribution in [0.3, 0.4) is 0 Å². The highest BCUT2D eigenvalue weighted by atomic mass is 127. The lowest BCUT2D eigenvalue weighted by Gasteiger charge is -2.14. The van der Waals surface area contributed by atoms with Crippen LogP contribution < -0.4 is 20.1 Å². The smallest absolute Gasteiger partial charge is 0.190 e. The Hall–Kier alpha value is -1.74. The third-order valence-electron chi connectivity index (χ3n) is 4.03. The molecule has 1 aromatic carbocycles. The van der Waals surface area contributed by atoms with Gasteiger partial charge in [0.1, 0.15) is 5.15 Å². The summed E-state index contributed by atoms with van der Waals surface area (Å²) in [5, 5.41) is 7.15. The number of nitrogens with zero attached hydrogens (tertiary/aromatic N) is 2. The van der Waals surface area contributed by atoms with Crippen LogP contribution in [0.5, 0.6) is 11.5 Å². The highest BCUT2D eigenvalue weighted by Crippen LogP contribution is 2.28. The van der Waals surface area contributed by atoms with Gasteiger partial charge in [-0.3, -0.25) is 4.99 Å². The zero-order valence-electron chi connectivity index (χ0n) is 17.2. The van der Waals surface area contributed by atoms with Crippen molar-refractivity contribution in [1.82, 2.24) is 15.6 Å². The molecule has 0 aliphatic heterocycles. The van der Waals surface area contributed by atoms with Gasteiger partial charge in [-0.1, -0.05) is 23.7 Å². The van der Waals surface area contributed by atoms with Crippen LogP contribution in [0.15, 0.2) is 41.5 Å². The van der Waals surface area contributed by atoms with Gasteiger partial charge in [0.05, 0.1) is 13.2 Å². The Bertz CT molecular complexity index is 757. The molecule has 0 fully saturated rings. The average Bonchev–Trinajstić information content (AvgIpc) is 2.70. The molecule has 29 heavy (non-hydrogen) atoms. The largest absolute Gasteiger partial charge is 0.490 e.